The summed E-state index contributed by atoms with van der Waals surface area (Å²) in [6.07, 6.45) is 0.624. The zero-order valence-electron chi connectivity index (χ0n) is 13.8. The van der Waals surface area contributed by atoms with E-state index in [0.717, 1.165) is 30.1 Å². The smallest absolute Gasteiger partial charge is 0.142 e. The summed E-state index contributed by atoms with van der Waals surface area (Å²) < 4.78 is 5.82. The average Bonchev–Trinajstić information content (AvgIpc) is 2.57. The van der Waals surface area contributed by atoms with E-state index in [1.807, 2.05) is 44.2 Å². The number of benzene rings is 2. The molecule has 1 heterocycles. The Bertz CT molecular complexity index is 662. The van der Waals surface area contributed by atoms with Crippen molar-refractivity contribution in [2.75, 3.05) is 18.0 Å². The Morgan fingerprint density at radius 1 is 1.04 bits per heavy atom. The first-order valence-electron chi connectivity index (χ1n) is 8.10. The van der Waals surface area contributed by atoms with Crippen molar-refractivity contribution in [3.8, 4) is 5.75 Å². The molecule has 2 aromatic rings. The van der Waals surface area contributed by atoms with E-state index in [0.29, 0.717) is 18.8 Å². The minimum atomic E-state index is -0.263. The Morgan fingerprint density at radius 3 is 2.39 bits per heavy atom. The molecule has 1 saturated heterocycles. The van der Waals surface area contributed by atoms with Crippen LogP contribution in [0.5, 0.6) is 5.75 Å². The van der Waals surface area contributed by atoms with Gasteiger partial charge in [0, 0.05) is 30.6 Å². The number of Topliss-reactive ketones (excluding diaryl/α,β-unsaturated/α-hetero) is 1. The molecule has 0 amide bonds. The fraction of sp³-hybridized carbons (Fsp3) is 0.350. The number of hydrogen-bond donors (Lipinski definition) is 0. The summed E-state index contributed by atoms with van der Waals surface area (Å²) in [7, 11) is 0. The van der Waals surface area contributed by atoms with Gasteiger partial charge in [0.15, 0.2) is 0 Å². The predicted octanol–water partition coefficient (Wildman–Crippen LogP) is 4.07. The Morgan fingerprint density at radius 2 is 1.74 bits per heavy atom. The highest BCUT2D eigenvalue weighted by Crippen LogP contribution is 2.30. The lowest BCUT2D eigenvalue weighted by molar-refractivity contribution is -0.127. The Labute approximate surface area is 137 Å². The van der Waals surface area contributed by atoms with Crippen LogP contribution in [-0.2, 0) is 11.4 Å². The van der Waals surface area contributed by atoms with Gasteiger partial charge in [-0.15, -0.1) is 0 Å². The summed E-state index contributed by atoms with van der Waals surface area (Å²) in [5.41, 5.74) is 2.05. The van der Waals surface area contributed by atoms with Gasteiger partial charge in [0.2, 0.25) is 0 Å². The van der Waals surface area contributed by atoms with Crippen molar-refractivity contribution in [1.82, 2.24) is 0 Å². The second-order valence-corrected chi connectivity index (χ2v) is 6.75. The van der Waals surface area contributed by atoms with E-state index in [1.165, 1.54) is 0 Å². The lowest BCUT2D eigenvalue weighted by Crippen LogP contribution is -2.46. The molecule has 0 radical (unpaired) electrons. The zero-order valence-corrected chi connectivity index (χ0v) is 13.8. The third-order valence-electron chi connectivity index (χ3n) is 4.40. The number of ketones is 1. The second-order valence-electron chi connectivity index (χ2n) is 6.75. The van der Waals surface area contributed by atoms with Crippen LogP contribution in [0.2, 0.25) is 0 Å². The maximum Gasteiger partial charge on any atom is 0.142 e. The molecule has 0 N–H and O–H groups in total. The fourth-order valence-corrected chi connectivity index (χ4v) is 2.93. The van der Waals surface area contributed by atoms with Crippen LogP contribution in [0.25, 0.3) is 0 Å². The number of carbonyl (C=O) groups excluding carboxylic acids is 1. The van der Waals surface area contributed by atoms with Gasteiger partial charge in [-0.1, -0.05) is 44.2 Å². The third-order valence-corrected chi connectivity index (χ3v) is 4.40. The third kappa shape index (κ3) is 3.73. The summed E-state index contributed by atoms with van der Waals surface area (Å²) >= 11 is 0. The Kier molecular flexibility index (Phi) is 4.37. The molecule has 0 unspecified atom stereocenters. The number of rotatable bonds is 4. The fourth-order valence-electron chi connectivity index (χ4n) is 2.93. The Hall–Kier alpha value is -2.29. The van der Waals surface area contributed by atoms with E-state index in [9.17, 15) is 4.79 Å². The normalized spacial score (nSPS) is 17.1. The molecule has 3 nitrogen and oxygen atoms in total. The molecule has 0 bridgehead atoms. The first-order valence-corrected chi connectivity index (χ1v) is 8.10. The van der Waals surface area contributed by atoms with Crippen molar-refractivity contribution in [3.63, 3.8) is 0 Å². The molecule has 3 rings (SSSR count). The van der Waals surface area contributed by atoms with Crippen LogP contribution in [0.3, 0.4) is 0 Å². The summed E-state index contributed by atoms with van der Waals surface area (Å²) in [5, 5.41) is 0. The number of hydrogen-bond acceptors (Lipinski definition) is 3. The number of anilines is 1. The minimum Gasteiger partial charge on any atom is -0.489 e. The van der Waals surface area contributed by atoms with E-state index < -0.39 is 0 Å². The molecule has 1 fully saturated rings. The van der Waals surface area contributed by atoms with Crippen LogP contribution in [0.4, 0.5) is 5.69 Å². The average molecular weight is 309 g/mol. The van der Waals surface area contributed by atoms with Gasteiger partial charge in [0.25, 0.3) is 0 Å². The van der Waals surface area contributed by atoms with E-state index >= 15 is 0 Å². The monoisotopic (exact) mass is 309 g/mol. The zero-order chi connectivity index (χ0) is 16.3. The number of nitrogens with zero attached hydrogens (tertiary/aromatic N) is 1. The molecule has 0 aromatic heterocycles. The highest BCUT2D eigenvalue weighted by atomic mass is 16.5. The highest BCUT2D eigenvalue weighted by Gasteiger charge is 2.34. The van der Waals surface area contributed by atoms with E-state index in [1.54, 1.807) is 0 Å². The summed E-state index contributed by atoms with van der Waals surface area (Å²) in [6.45, 7) is 6.20. The molecule has 2 aromatic carbocycles. The number of carbonyl (C=O) groups is 1. The van der Waals surface area contributed by atoms with Crippen LogP contribution < -0.4 is 9.64 Å². The first-order chi connectivity index (χ1) is 11.0. The SMILES string of the molecule is CC1(C)CN(c2ccc(OCc3ccccc3)cc2)CCC1=O. The number of piperidine rings is 1. The quantitative estimate of drug-likeness (QED) is 0.852. The van der Waals surface area contributed by atoms with Crippen molar-refractivity contribution >= 4 is 11.5 Å². The largest absolute Gasteiger partial charge is 0.489 e. The molecule has 0 aliphatic carbocycles. The van der Waals surface area contributed by atoms with E-state index in [4.69, 9.17) is 4.74 Å². The van der Waals surface area contributed by atoms with E-state index in [2.05, 4.69) is 29.2 Å². The molecule has 3 heteroatoms. The van der Waals surface area contributed by atoms with Gasteiger partial charge in [0.05, 0.1) is 0 Å². The molecule has 1 aliphatic rings. The molecule has 0 saturated carbocycles. The maximum absolute atomic E-state index is 11.9. The van der Waals surface area contributed by atoms with Crippen LogP contribution in [0, 0.1) is 5.41 Å². The van der Waals surface area contributed by atoms with Crippen LogP contribution >= 0.6 is 0 Å². The minimum absolute atomic E-state index is 0.263. The highest BCUT2D eigenvalue weighted by molar-refractivity contribution is 5.86. The molecule has 1 aliphatic heterocycles. The summed E-state index contributed by atoms with van der Waals surface area (Å²) in [4.78, 5) is 14.2. The van der Waals surface area contributed by atoms with Crippen molar-refractivity contribution in [3.05, 3.63) is 60.2 Å². The predicted molar refractivity (Wildman–Crippen MR) is 92.8 cm³/mol. The van der Waals surface area contributed by atoms with Crippen molar-refractivity contribution in [2.45, 2.75) is 26.9 Å². The van der Waals surface area contributed by atoms with Gasteiger partial charge in [-0.3, -0.25) is 4.79 Å². The topological polar surface area (TPSA) is 29.5 Å². The van der Waals surface area contributed by atoms with Crippen LogP contribution in [-0.4, -0.2) is 18.9 Å². The van der Waals surface area contributed by atoms with Gasteiger partial charge < -0.3 is 9.64 Å². The number of ether oxygens (including phenoxy) is 1. The summed E-state index contributed by atoms with van der Waals surface area (Å²) in [5.74, 6) is 1.22. The maximum atomic E-state index is 11.9. The molecule has 120 valence electrons. The van der Waals surface area contributed by atoms with Crippen molar-refractivity contribution in [1.29, 1.82) is 0 Å². The summed E-state index contributed by atoms with van der Waals surface area (Å²) in [6, 6.07) is 18.3. The molecular weight excluding hydrogens is 286 g/mol. The van der Waals surface area contributed by atoms with Gasteiger partial charge in [-0.2, -0.15) is 0 Å². The van der Waals surface area contributed by atoms with Gasteiger partial charge in [0.1, 0.15) is 18.1 Å². The molecular formula is C20H23NO2. The molecule has 0 atom stereocenters. The van der Waals surface area contributed by atoms with Gasteiger partial charge in [-0.25, -0.2) is 0 Å². The lowest BCUT2D eigenvalue weighted by atomic mass is 9.82. The van der Waals surface area contributed by atoms with Gasteiger partial charge >= 0.3 is 0 Å². The first kappa shape index (κ1) is 15.6. The van der Waals surface area contributed by atoms with Gasteiger partial charge in [-0.05, 0) is 29.8 Å². The van der Waals surface area contributed by atoms with Crippen molar-refractivity contribution in [2.24, 2.45) is 5.41 Å². The second kappa shape index (κ2) is 6.45. The molecule has 23 heavy (non-hydrogen) atoms. The molecule has 0 spiro atoms. The van der Waals surface area contributed by atoms with Crippen molar-refractivity contribution < 1.29 is 9.53 Å². The van der Waals surface area contributed by atoms with Crippen LogP contribution in [0.15, 0.2) is 54.6 Å². The lowest BCUT2D eigenvalue weighted by Gasteiger charge is -2.38. The standard InChI is InChI=1S/C20H23NO2/c1-20(2)15-21(13-12-19(20)22)17-8-10-18(11-9-17)23-14-16-6-4-3-5-7-16/h3-11H,12-15H2,1-2H3. The van der Waals surface area contributed by atoms with Crippen LogP contribution in [0.1, 0.15) is 25.8 Å². The Balaban J connectivity index is 1.62. The van der Waals surface area contributed by atoms with E-state index in [-0.39, 0.29) is 5.41 Å².